The molecule has 2 aromatic carbocycles. The predicted molar refractivity (Wildman–Crippen MR) is 124 cm³/mol. The molecule has 0 spiro atoms. The van der Waals surface area contributed by atoms with Gasteiger partial charge in [-0.15, -0.1) is 12.4 Å². The summed E-state index contributed by atoms with van der Waals surface area (Å²) in [5, 5.41) is 5.19. The van der Waals surface area contributed by atoms with Crippen molar-refractivity contribution in [2.24, 2.45) is 0 Å². The van der Waals surface area contributed by atoms with Gasteiger partial charge in [0.15, 0.2) is 0 Å². The molecule has 7 heteroatoms. The first kappa shape index (κ1) is 23.8. The van der Waals surface area contributed by atoms with E-state index in [1.165, 1.54) is 10.7 Å². The third kappa shape index (κ3) is 6.02. The molecule has 0 atom stereocenters. The largest absolute Gasteiger partial charge is 0.305 e. The molecule has 0 fully saturated rings. The van der Waals surface area contributed by atoms with E-state index in [-0.39, 0.29) is 23.8 Å². The van der Waals surface area contributed by atoms with Crippen molar-refractivity contribution in [1.82, 2.24) is 14.7 Å². The monoisotopic (exact) mass is 447 g/mol. The minimum atomic E-state index is -0.263. The van der Waals surface area contributed by atoms with Gasteiger partial charge in [-0.05, 0) is 68.5 Å². The summed E-state index contributed by atoms with van der Waals surface area (Å²) < 4.78 is 15.1. The van der Waals surface area contributed by atoms with Gasteiger partial charge in [-0.25, -0.2) is 9.07 Å². The fraction of sp³-hybridized carbons (Fsp3) is 0.217. The second kappa shape index (κ2) is 10.5. The van der Waals surface area contributed by atoms with Gasteiger partial charge < -0.3 is 4.90 Å². The van der Waals surface area contributed by atoms with Crippen LogP contribution in [0, 0.1) is 12.7 Å². The SMILES string of the molecule is Cc1cc(-c2cc(CN(C)C)c(=O)n(CC=Cc3ccc(Cl)cc3)n2)ccc1F.Cl. The Hall–Kier alpha value is -2.47. The number of hydrogen-bond acceptors (Lipinski definition) is 3. The number of nitrogens with zero attached hydrogens (tertiary/aromatic N) is 3. The zero-order valence-corrected chi connectivity index (χ0v) is 18.7. The maximum absolute atomic E-state index is 13.7. The second-order valence-electron chi connectivity index (χ2n) is 7.20. The van der Waals surface area contributed by atoms with Gasteiger partial charge in [0.1, 0.15) is 5.82 Å². The van der Waals surface area contributed by atoms with Crippen LogP contribution in [0.5, 0.6) is 0 Å². The number of halogens is 3. The van der Waals surface area contributed by atoms with Gasteiger partial charge in [0.2, 0.25) is 0 Å². The van der Waals surface area contributed by atoms with Crippen LogP contribution in [0.1, 0.15) is 16.7 Å². The molecule has 158 valence electrons. The van der Waals surface area contributed by atoms with Crippen LogP contribution in [0.2, 0.25) is 5.02 Å². The highest BCUT2D eigenvalue weighted by atomic mass is 35.5. The quantitative estimate of drug-likeness (QED) is 0.520. The molecule has 0 aliphatic rings. The van der Waals surface area contributed by atoms with E-state index in [1.54, 1.807) is 25.1 Å². The van der Waals surface area contributed by atoms with Crippen LogP contribution in [0.25, 0.3) is 17.3 Å². The molecule has 30 heavy (non-hydrogen) atoms. The normalized spacial score (nSPS) is 11.1. The van der Waals surface area contributed by atoms with Crippen molar-refractivity contribution >= 4 is 30.1 Å². The van der Waals surface area contributed by atoms with Crippen LogP contribution >= 0.6 is 24.0 Å². The fourth-order valence-corrected chi connectivity index (χ4v) is 3.11. The lowest BCUT2D eigenvalue weighted by Gasteiger charge is -2.13. The average Bonchev–Trinajstić information content (AvgIpc) is 2.68. The molecular weight excluding hydrogens is 424 g/mol. The van der Waals surface area contributed by atoms with E-state index in [2.05, 4.69) is 5.10 Å². The second-order valence-corrected chi connectivity index (χ2v) is 7.63. The van der Waals surface area contributed by atoms with Gasteiger partial charge in [0, 0.05) is 22.7 Å². The lowest BCUT2D eigenvalue weighted by Crippen LogP contribution is -2.29. The molecule has 1 heterocycles. The molecule has 4 nitrogen and oxygen atoms in total. The van der Waals surface area contributed by atoms with E-state index >= 15 is 0 Å². The van der Waals surface area contributed by atoms with Crippen LogP contribution < -0.4 is 5.56 Å². The summed E-state index contributed by atoms with van der Waals surface area (Å²) >= 11 is 5.91. The Labute approximate surface area is 187 Å². The number of aromatic nitrogens is 2. The Bertz CT molecular complexity index is 1090. The van der Waals surface area contributed by atoms with Crippen LogP contribution in [0.4, 0.5) is 4.39 Å². The highest BCUT2D eigenvalue weighted by molar-refractivity contribution is 6.30. The third-order valence-corrected chi connectivity index (χ3v) is 4.70. The highest BCUT2D eigenvalue weighted by Gasteiger charge is 2.11. The van der Waals surface area contributed by atoms with Gasteiger partial charge >= 0.3 is 0 Å². The van der Waals surface area contributed by atoms with E-state index in [0.29, 0.717) is 34.9 Å². The predicted octanol–water partition coefficient (Wildman–Crippen LogP) is 5.21. The molecule has 0 aliphatic heterocycles. The smallest absolute Gasteiger partial charge is 0.271 e. The van der Waals surface area contributed by atoms with E-state index in [9.17, 15) is 9.18 Å². The maximum atomic E-state index is 13.7. The molecule has 0 amide bonds. The number of aryl methyl sites for hydroxylation is 1. The Morgan fingerprint density at radius 2 is 1.83 bits per heavy atom. The summed E-state index contributed by atoms with van der Waals surface area (Å²) in [6, 6.07) is 14.1. The van der Waals surface area contributed by atoms with Gasteiger partial charge in [-0.3, -0.25) is 4.79 Å². The Kier molecular flexibility index (Phi) is 8.35. The van der Waals surface area contributed by atoms with Crippen molar-refractivity contribution in [2.75, 3.05) is 14.1 Å². The molecule has 3 aromatic rings. The standard InChI is InChI=1S/C23H23ClFN3O.ClH/c1-16-13-18(8-11-21(16)25)22-14-19(15-27(2)3)23(29)28(26-22)12-4-5-17-6-9-20(24)10-7-17;/h4-11,13-14H,12,15H2,1-3H3;1H. The van der Waals surface area contributed by atoms with Crippen LogP contribution in [-0.2, 0) is 13.1 Å². The van der Waals surface area contributed by atoms with Crippen molar-refractivity contribution in [3.05, 3.63) is 92.5 Å². The lowest BCUT2D eigenvalue weighted by atomic mass is 10.1. The topological polar surface area (TPSA) is 38.1 Å². The molecule has 0 saturated heterocycles. The molecule has 0 unspecified atom stereocenters. The first-order valence-electron chi connectivity index (χ1n) is 9.28. The summed E-state index contributed by atoms with van der Waals surface area (Å²) in [4.78, 5) is 14.8. The van der Waals surface area contributed by atoms with E-state index in [0.717, 1.165) is 11.1 Å². The minimum absolute atomic E-state index is 0. The molecule has 1 aromatic heterocycles. The first-order valence-corrected chi connectivity index (χ1v) is 9.65. The van der Waals surface area contributed by atoms with E-state index in [1.807, 2.05) is 55.4 Å². The summed E-state index contributed by atoms with van der Waals surface area (Å²) in [5.74, 6) is -0.263. The molecule has 0 radical (unpaired) electrons. The zero-order chi connectivity index (χ0) is 21.0. The van der Waals surface area contributed by atoms with Gasteiger partial charge in [-0.2, -0.15) is 5.10 Å². The zero-order valence-electron chi connectivity index (χ0n) is 17.1. The van der Waals surface area contributed by atoms with E-state index < -0.39 is 0 Å². The maximum Gasteiger partial charge on any atom is 0.271 e. The lowest BCUT2D eigenvalue weighted by molar-refractivity contribution is 0.397. The first-order chi connectivity index (χ1) is 13.8. The summed E-state index contributed by atoms with van der Waals surface area (Å²) in [6.07, 6.45) is 3.81. The Morgan fingerprint density at radius 3 is 2.47 bits per heavy atom. The Balaban J connectivity index is 0.00000320. The third-order valence-electron chi connectivity index (χ3n) is 4.45. The summed E-state index contributed by atoms with van der Waals surface area (Å²) in [7, 11) is 3.82. The van der Waals surface area contributed by atoms with Crippen molar-refractivity contribution in [2.45, 2.75) is 20.0 Å². The van der Waals surface area contributed by atoms with E-state index in [4.69, 9.17) is 11.6 Å². The molecule has 0 aliphatic carbocycles. The van der Waals surface area contributed by atoms with Crippen molar-refractivity contribution in [3.63, 3.8) is 0 Å². The van der Waals surface area contributed by atoms with Gasteiger partial charge in [0.25, 0.3) is 5.56 Å². The number of rotatable bonds is 6. The van der Waals surface area contributed by atoms with Crippen molar-refractivity contribution < 1.29 is 4.39 Å². The van der Waals surface area contributed by atoms with Crippen LogP contribution in [0.15, 0.2) is 59.4 Å². The fourth-order valence-electron chi connectivity index (χ4n) is 2.98. The van der Waals surface area contributed by atoms with Crippen molar-refractivity contribution in [3.8, 4) is 11.3 Å². The Morgan fingerprint density at radius 1 is 1.13 bits per heavy atom. The van der Waals surface area contributed by atoms with Gasteiger partial charge in [0.05, 0.1) is 12.2 Å². The van der Waals surface area contributed by atoms with Gasteiger partial charge in [-0.1, -0.05) is 35.9 Å². The molecule has 0 saturated carbocycles. The molecule has 0 bridgehead atoms. The van der Waals surface area contributed by atoms with Crippen LogP contribution in [-0.4, -0.2) is 28.8 Å². The molecule has 0 N–H and O–H groups in total. The average molecular weight is 448 g/mol. The minimum Gasteiger partial charge on any atom is -0.305 e. The number of hydrogen-bond donors (Lipinski definition) is 0. The number of allylic oxidation sites excluding steroid dienone is 1. The highest BCUT2D eigenvalue weighted by Crippen LogP contribution is 2.20. The van der Waals surface area contributed by atoms with Crippen LogP contribution in [0.3, 0.4) is 0 Å². The van der Waals surface area contributed by atoms with Crippen molar-refractivity contribution in [1.29, 1.82) is 0 Å². The number of benzene rings is 2. The molecular formula is C23H24Cl2FN3O. The summed E-state index contributed by atoms with van der Waals surface area (Å²) in [6.45, 7) is 2.54. The molecule has 3 rings (SSSR count). The summed E-state index contributed by atoms with van der Waals surface area (Å²) in [5.41, 5.74) is 3.45.